The van der Waals surface area contributed by atoms with Crippen LogP contribution in [0.15, 0.2) is 30.5 Å². The highest BCUT2D eigenvalue weighted by Crippen LogP contribution is 2.25. The molecule has 1 heterocycles. The second-order valence-electron chi connectivity index (χ2n) is 3.79. The van der Waals surface area contributed by atoms with Gasteiger partial charge in [0.05, 0.1) is 18.5 Å². The number of aromatic nitrogens is 2. The second kappa shape index (κ2) is 4.91. The fourth-order valence-corrected chi connectivity index (χ4v) is 1.81. The molecule has 1 N–H and O–H groups in total. The zero-order valence-electron chi connectivity index (χ0n) is 10.3. The summed E-state index contributed by atoms with van der Waals surface area (Å²) in [5.74, 6) is -0.215. The SMILES string of the molecule is CCOc1ccc(-c2c(C(=O)O)cnn2C)cc1. The quantitative estimate of drug-likeness (QED) is 0.898. The van der Waals surface area contributed by atoms with Gasteiger partial charge in [-0.2, -0.15) is 5.10 Å². The first-order valence-corrected chi connectivity index (χ1v) is 5.62. The van der Waals surface area contributed by atoms with Crippen molar-refractivity contribution in [1.29, 1.82) is 0 Å². The van der Waals surface area contributed by atoms with Crippen molar-refractivity contribution in [2.45, 2.75) is 6.92 Å². The maximum atomic E-state index is 11.1. The van der Waals surface area contributed by atoms with E-state index in [-0.39, 0.29) is 5.56 Å². The Morgan fingerprint density at radius 1 is 1.39 bits per heavy atom. The van der Waals surface area contributed by atoms with Gasteiger partial charge in [-0.25, -0.2) is 4.79 Å². The molecule has 0 aliphatic heterocycles. The topological polar surface area (TPSA) is 64.3 Å². The molecule has 1 aromatic heterocycles. The summed E-state index contributed by atoms with van der Waals surface area (Å²) >= 11 is 0. The molecule has 0 bridgehead atoms. The number of hydrogen-bond donors (Lipinski definition) is 1. The van der Waals surface area contributed by atoms with E-state index in [2.05, 4.69) is 5.10 Å². The number of carboxylic acid groups (broad SMARTS) is 1. The van der Waals surface area contributed by atoms with Gasteiger partial charge in [-0.05, 0) is 31.2 Å². The van der Waals surface area contributed by atoms with Crippen molar-refractivity contribution in [1.82, 2.24) is 9.78 Å². The summed E-state index contributed by atoms with van der Waals surface area (Å²) in [6, 6.07) is 7.29. The molecule has 18 heavy (non-hydrogen) atoms. The van der Waals surface area contributed by atoms with E-state index in [9.17, 15) is 4.79 Å². The number of hydrogen-bond acceptors (Lipinski definition) is 3. The molecular formula is C13H14N2O3. The van der Waals surface area contributed by atoms with Gasteiger partial charge in [-0.3, -0.25) is 4.68 Å². The van der Waals surface area contributed by atoms with Crippen molar-refractivity contribution in [2.75, 3.05) is 6.61 Å². The lowest BCUT2D eigenvalue weighted by atomic mass is 10.1. The molecular weight excluding hydrogens is 232 g/mol. The van der Waals surface area contributed by atoms with Crippen LogP contribution in [0.3, 0.4) is 0 Å². The Morgan fingerprint density at radius 3 is 2.61 bits per heavy atom. The van der Waals surface area contributed by atoms with Crippen molar-refractivity contribution in [3.8, 4) is 17.0 Å². The summed E-state index contributed by atoms with van der Waals surface area (Å²) < 4.78 is 6.90. The largest absolute Gasteiger partial charge is 0.494 e. The molecule has 5 nitrogen and oxygen atoms in total. The molecule has 1 aromatic carbocycles. The molecule has 0 atom stereocenters. The number of rotatable bonds is 4. The van der Waals surface area contributed by atoms with Crippen LogP contribution in [0.25, 0.3) is 11.3 Å². The Bertz CT molecular complexity index is 558. The second-order valence-corrected chi connectivity index (χ2v) is 3.79. The summed E-state index contributed by atoms with van der Waals surface area (Å²) in [4.78, 5) is 11.1. The van der Waals surface area contributed by atoms with E-state index in [1.165, 1.54) is 6.20 Å². The Kier molecular flexibility index (Phi) is 3.32. The van der Waals surface area contributed by atoms with Crippen LogP contribution >= 0.6 is 0 Å². The minimum Gasteiger partial charge on any atom is -0.494 e. The first-order chi connectivity index (χ1) is 8.63. The predicted molar refractivity (Wildman–Crippen MR) is 66.8 cm³/mol. The molecule has 0 spiro atoms. The van der Waals surface area contributed by atoms with Crippen molar-refractivity contribution in [2.24, 2.45) is 7.05 Å². The zero-order valence-corrected chi connectivity index (χ0v) is 10.3. The standard InChI is InChI=1S/C13H14N2O3/c1-3-18-10-6-4-9(5-7-10)12-11(13(16)17)8-14-15(12)2/h4-8H,3H2,1-2H3,(H,16,17). The maximum absolute atomic E-state index is 11.1. The fraction of sp³-hybridized carbons (Fsp3) is 0.231. The van der Waals surface area contributed by atoms with Crippen LogP contribution in [-0.2, 0) is 7.05 Å². The van der Waals surface area contributed by atoms with E-state index >= 15 is 0 Å². The average molecular weight is 246 g/mol. The average Bonchev–Trinajstić information content (AvgIpc) is 2.73. The van der Waals surface area contributed by atoms with Crippen molar-refractivity contribution in [3.63, 3.8) is 0 Å². The maximum Gasteiger partial charge on any atom is 0.339 e. The number of benzene rings is 1. The fourth-order valence-electron chi connectivity index (χ4n) is 1.81. The summed E-state index contributed by atoms with van der Waals surface area (Å²) in [5.41, 5.74) is 1.59. The molecule has 2 aromatic rings. The van der Waals surface area contributed by atoms with Crippen molar-refractivity contribution in [3.05, 3.63) is 36.0 Å². The van der Waals surface area contributed by atoms with E-state index in [4.69, 9.17) is 9.84 Å². The van der Waals surface area contributed by atoms with Gasteiger partial charge in [0.25, 0.3) is 0 Å². The van der Waals surface area contributed by atoms with Crippen molar-refractivity contribution >= 4 is 5.97 Å². The Balaban J connectivity index is 2.42. The van der Waals surface area contributed by atoms with Gasteiger partial charge in [0.1, 0.15) is 11.3 Å². The zero-order chi connectivity index (χ0) is 13.1. The third kappa shape index (κ3) is 2.20. The first kappa shape index (κ1) is 12.2. The number of carboxylic acids is 1. The van der Waals surface area contributed by atoms with Crippen LogP contribution in [0, 0.1) is 0 Å². The molecule has 0 aliphatic carbocycles. The molecule has 0 unspecified atom stereocenters. The highest BCUT2D eigenvalue weighted by Gasteiger charge is 2.16. The van der Waals surface area contributed by atoms with Gasteiger partial charge in [0.15, 0.2) is 0 Å². The van der Waals surface area contributed by atoms with E-state index < -0.39 is 5.97 Å². The smallest absolute Gasteiger partial charge is 0.339 e. The third-order valence-electron chi connectivity index (χ3n) is 2.61. The molecule has 0 fully saturated rings. The van der Waals surface area contributed by atoms with Gasteiger partial charge in [0.2, 0.25) is 0 Å². The van der Waals surface area contributed by atoms with Crippen LogP contribution in [-0.4, -0.2) is 27.5 Å². The number of ether oxygens (including phenoxy) is 1. The number of aryl methyl sites for hydroxylation is 1. The van der Waals surface area contributed by atoms with Gasteiger partial charge in [0, 0.05) is 12.6 Å². The monoisotopic (exact) mass is 246 g/mol. The number of nitrogens with zero attached hydrogens (tertiary/aromatic N) is 2. The van der Waals surface area contributed by atoms with Crippen LogP contribution in [0.1, 0.15) is 17.3 Å². The molecule has 0 saturated heterocycles. The number of aromatic carboxylic acids is 1. The third-order valence-corrected chi connectivity index (χ3v) is 2.61. The van der Waals surface area contributed by atoms with Crippen LogP contribution < -0.4 is 4.74 Å². The molecule has 0 amide bonds. The Labute approximate surface area is 105 Å². The lowest BCUT2D eigenvalue weighted by Crippen LogP contribution is -2.00. The summed E-state index contributed by atoms with van der Waals surface area (Å²) in [5, 5.41) is 13.1. The van der Waals surface area contributed by atoms with Crippen LogP contribution in [0.2, 0.25) is 0 Å². The molecule has 94 valence electrons. The molecule has 0 saturated carbocycles. The first-order valence-electron chi connectivity index (χ1n) is 5.62. The summed E-state index contributed by atoms with van der Waals surface area (Å²) in [6.07, 6.45) is 1.36. The molecule has 0 radical (unpaired) electrons. The number of carbonyl (C=O) groups is 1. The molecule has 2 rings (SSSR count). The highest BCUT2D eigenvalue weighted by molar-refractivity contribution is 5.94. The van der Waals surface area contributed by atoms with E-state index in [0.717, 1.165) is 11.3 Å². The minimum absolute atomic E-state index is 0.196. The van der Waals surface area contributed by atoms with Gasteiger partial charge >= 0.3 is 5.97 Å². The van der Waals surface area contributed by atoms with Gasteiger partial charge < -0.3 is 9.84 Å². The van der Waals surface area contributed by atoms with Gasteiger partial charge in [-0.15, -0.1) is 0 Å². The predicted octanol–water partition coefficient (Wildman–Crippen LogP) is 2.18. The highest BCUT2D eigenvalue weighted by atomic mass is 16.5. The van der Waals surface area contributed by atoms with Gasteiger partial charge in [-0.1, -0.05) is 0 Å². The molecule has 0 aliphatic rings. The van der Waals surface area contributed by atoms with E-state index in [1.54, 1.807) is 11.7 Å². The Morgan fingerprint density at radius 2 is 2.06 bits per heavy atom. The summed E-state index contributed by atoms with van der Waals surface area (Å²) in [7, 11) is 1.72. The lowest BCUT2D eigenvalue weighted by molar-refractivity contribution is 0.0697. The Hall–Kier alpha value is -2.30. The van der Waals surface area contributed by atoms with E-state index in [0.29, 0.717) is 12.3 Å². The van der Waals surface area contributed by atoms with Crippen LogP contribution in [0.5, 0.6) is 5.75 Å². The lowest BCUT2D eigenvalue weighted by Gasteiger charge is -2.06. The normalized spacial score (nSPS) is 10.3. The van der Waals surface area contributed by atoms with E-state index in [1.807, 2.05) is 31.2 Å². The van der Waals surface area contributed by atoms with Crippen LogP contribution in [0.4, 0.5) is 0 Å². The summed E-state index contributed by atoms with van der Waals surface area (Å²) in [6.45, 7) is 2.52. The molecule has 5 heteroatoms. The van der Waals surface area contributed by atoms with Crippen molar-refractivity contribution < 1.29 is 14.6 Å². The minimum atomic E-state index is -0.980.